The lowest BCUT2D eigenvalue weighted by Crippen LogP contribution is -1.95. The van der Waals surface area contributed by atoms with Crippen molar-refractivity contribution in [1.29, 1.82) is 0 Å². The molecule has 7 aromatic carbocycles. The predicted molar refractivity (Wildman–Crippen MR) is 173 cm³/mol. The zero-order chi connectivity index (χ0) is 27.6. The van der Waals surface area contributed by atoms with Crippen molar-refractivity contribution < 1.29 is 9.47 Å². The first-order chi connectivity index (χ1) is 20.3. The highest BCUT2D eigenvalue weighted by molar-refractivity contribution is 6.12. The quantitative estimate of drug-likeness (QED) is 0.143. The second-order valence-electron chi connectivity index (χ2n) is 10.7. The van der Waals surface area contributed by atoms with E-state index in [9.17, 15) is 0 Å². The van der Waals surface area contributed by atoms with Gasteiger partial charge in [-0.2, -0.15) is 0 Å². The Morgan fingerprint density at radius 1 is 0.439 bits per heavy atom. The first-order valence-electron chi connectivity index (χ1n) is 14.6. The van der Waals surface area contributed by atoms with E-state index in [1.165, 1.54) is 24.8 Å². The summed E-state index contributed by atoms with van der Waals surface area (Å²) in [6, 6.07) is 44.5. The van der Waals surface area contributed by atoms with Crippen molar-refractivity contribution in [3.05, 3.63) is 133 Å². The molecule has 0 saturated heterocycles. The van der Waals surface area contributed by atoms with E-state index in [0.717, 1.165) is 72.5 Å². The lowest BCUT2D eigenvalue weighted by atomic mass is 9.97. The van der Waals surface area contributed by atoms with Crippen LogP contribution >= 0.6 is 0 Å². The molecule has 0 aliphatic rings. The molecule has 2 heteroatoms. The molecule has 0 atom stereocenters. The summed E-state index contributed by atoms with van der Waals surface area (Å²) in [5, 5.41) is 8.70. The number of hydrogen-bond acceptors (Lipinski definition) is 2. The monoisotopic (exact) mass is 532 g/mol. The summed E-state index contributed by atoms with van der Waals surface area (Å²) < 4.78 is 13.8. The van der Waals surface area contributed by atoms with E-state index in [1.807, 2.05) is 0 Å². The van der Waals surface area contributed by atoms with Gasteiger partial charge in [-0.25, -0.2) is 0 Å². The van der Waals surface area contributed by atoms with Crippen molar-refractivity contribution in [2.24, 2.45) is 0 Å². The summed E-state index contributed by atoms with van der Waals surface area (Å²) in [5.41, 5.74) is 1.32. The topological polar surface area (TPSA) is 18.5 Å². The molecule has 41 heavy (non-hydrogen) atoms. The van der Waals surface area contributed by atoms with Gasteiger partial charge in [0, 0.05) is 32.3 Å². The van der Waals surface area contributed by atoms with Gasteiger partial charge in [0.1, 0.15) is 23.0 Å². The number of aryl methyl sites for hydroxylation is 1. The maximum absolute atomic E-state index is 6.92. The van der Waals surface area contributed by atoms with Crippen LogP contribution in [0.3, 0.4) is 0 Å². The third kappa shape index (κ3) is 4.76. The van der Waals surface area contributed by atoms with Gasteiger partial charge in [0.25, 0.3) is 0 Å². The molecule has 200 valence electrons. The van der Waals surface area contributed by atoms with Crippen LogP contribution in [0.5, 0.6) is 23.0 Å². The fourth-order valence-corrected chi connectivity index (χ4v) is 5.89. The van der Waals surface area contributed by atoms with E-state index in [2.05, 4.69) is 134 Å². The van der Waals surface area contributed by atoms with E-state index in [4.69, 9.17) is 9.47 Å². The number of ether oxygens (including phenoxy) is 2. The van der Waals surface area contributed by atoms with Gasteiger partial charge >= 0.3 is 0 Å². The summed E-state index contributed by atoms with van der Waals surface area (Å²) in [6.07, 6.45) is 4.65. The molecule has 0 saturated carbocycles. The van der Waals surface area contributed by atoms with E-state index >= 15 is 0 Å². The third-order valence-electron chi connectivity index (χ3n) is 7.98. The second-order valence-corrected chi connectivity index (χ2v) is 10.7. The zero-order valence-corrected chi connectivity index (χ0v) is 23.3. The van der Waals surface area contributed by atoms with Gasteiger partial charge in [-0.15, -0.1) is 0 Å². The molecule has 7 aromatic rings. The van der Waals surface area contributed by atoms with Gasteiger partial charge in [0.15, 0.2) is 0 Å². The maximum atomic E-state index is 6.92. The molecule has 0 unspecified atom stereocenters. The molecule has 0 aliphatic carbocycles. The lowest BCUT2D eigenvalue weighted by molar-refractivity contribution is 0.491. The minimum absolute atomic E-state index is 0.851. The molecular weight excluding hydrogens is 500 g/mol. The molecule has 0 fully saturated rings. The molecule has 0 bridgehead atoms. The minimum atomic E-state index is 0.851. The first kappa shape index (κ1) is 25.2. The Kier molecular flexibility index (Phi) is 6.74. The van der Waals surface area contributed by atoms with Crippen LogP contribution in [0, 0.1) is 0 Å². The molecule has 0 N–H and O–H groups in total. The normalized spacial score (nSPS) is 11.4. The van der Waals surface area contributed by atoms with Crippen molar-refractivity contribution >= 4 is 43.1 Å². The fourth-order valence-electron chi connectivity index (χ4n) is 5.89. The summed E-state index contributed by atoms with van der Waals surface area (Å²) in [6.45, 7) is 2.25. The van der Waals surface area contributed by atoms with Crippen LogP contribution in [0.15, 0.2) is 127 Å². The number of fused-ring (bicyclic) bond motifs is 4. The van der Waals surface area contributed by atoms with E-state index in [1.54, 1.807) is 0 Å². The van der Waals surface area contributed by atoms with Gasteiger partial charge in [-0.05, 0) is 47.4 Å². The molecule has 0 aromatic heterocycles. The molecule has 0 radical (unpaired) electrons. The van der Waals surface area contributed by atoms with Gasteiger partial charge in [-0.3, -0.25) is 0 Å². The number of hydrogen-bond donors (Lipinski definition) is 0. The van der Waals surface area contributed by atoms with Crippen LogP contribution in [-0.4, -0.2) is 0 Å². The van der Waals surface area contributed by atoms with Crippen LogP contribution in [0.4, 0.5) is 0 Å². The van der Waals surface area contributed by atoms with Gasteiger partial charge in [0.05, 0.1) is 0 Å². The predicted octanol–water partition coefficient (Wildman–Crippen LogP) is 11.6. The van der Waals surface area contributed by atoms with Crippen molar-refractivity contribution in [1.82, 2.24) is 0 Å². The SMILES string of the molecule is CCCCCc1ccc2c(Oc3cccc4ccccc34)c3ccccc3c(Oc3cccc4ccccc34)c2c1. The highest BCUT2D eigenvalue weighted by Crippen LogP contribution is 2.47. The maximum Gasteiger partial charge on any atom is 0.143 e. The summed E-state index contributed by atoms with van der Waals surface area (Å²) in [7, 11) is 0. The molecule has 0 aliphatic heterocycles. The van der Waals surface area contributed by atoms with Crippen molar-refractivity contribution in [3.63, 3.8) is 0 Å². The van der Waals surface area contributed by atoms with Crippen molar-refractivity contribution in [3.8, 4) is 23.0 Å². The molecule has 0 heterocycles. The van der Waals surface area contributed by atoms with E-state index < -0.39 is 0 Å². The van der Waals surface area contributed by atoms with Crippen molar-refractivity contribution in [2.45, 2.75) is 32.6 Å². The Bertz CT molecular complexity index is 2010. The average molecular weight is 533 g/mol. The summed E-state index contributed by atoms with van der Waals surface area (Å²) in [4.78, 5) is 0. The standard InChI is InChI=1S/C39H32O2/c1-2-3-4-13-27-24-25-34-35(26-27)39(41-37-23-12-17-29-15-6-8-19-31(29)37)33-21-10-9-20-32(33)38(34)40-36-22-11-16-28-14-5-7-18-30(28)36/h5-12,14-26H,2-4,13H2,1H3. The fraction of sp³-hybridized carbons (Fsp3) is 0.128. The van der Waals surface area contributed by atoms with E-state index in [-0.39, 0.29) is 0 Å². The smallest absolute Gasteiger partial charge is 0.143 e. The van der Waals surface area contributed by atoms with Crippen LogP contribution in [-0.2, 0) is 6.42 Å². The highest BCUT2D eigenvalue weighted by atomic mass is 16.5. The number of unbranched alkanes of at least 4 members (excludes halogenated alkanes) is 2. The summed E-state index contributed by atoms with van der Waals surface area (Å²) in [5.74, 6) is 3.44. The minimum Gasteiger partial charge on any atom is -0.455 e. The molecule has 0 spiro atoms. The molecule has 7 rings (SSSR count). The second kappa shape index (κ2) is 11.0. The van der Waals surface area contributed by atoms with Gasteiger partial charge < -0.3 is 9.47 Å². The zero-order valence-electron chi connectivity index (χ0n) is 23.3. The Labute approximate surface area is 240 Å². The van der Waals surface area contributed by atoms with Crippen molar-refractivity contribution in [2.75, 3.05) is 0 Å². The lowest BCUT2D eigenvalue weighted by Gasteiger charge is -2.19. The Morgan fingerprint density at radius 3 is 1.51 bits per heavy atom. The molecule has 2 nitrogen and oxygen atoms in total. The molecule has 0 amide bonds. The third-order valence-corrected chi connectivity index (χ3v) is 7.98. The van der Waals surface area contributed by atoms with E-state index in [0.29, 0.717) is 0 Å². The van der Waals surface area contributed by atoms with Crippen LogP contribution in [0.2, 0.25) is 0 Å². The largest absolute Gasteiger partial charge is 0.455 e. The Hall–Kier alpha value is -4.82. The van der Waals surface area contributed by atoms with Crippen LogP contribution < -0.4 is 9.47 Å². The van der Waals surface area contributed by atoms with Gasteiger partial charge in [0.2, 0.25) is 0 Å². The first-order valence-corrected chi connectivity index (χ1v) is 14.6. The summed E-state index contributed by atoms with van der Waals surface area (Å²) >= 11 is 0. The Balaban J connectivity index is 1.46. The van der Waals surface area contributed by atoms with Crippen LogP contribution in [0.1, 0.15) is 31.7 Å². The van der Waals surface area contributed by atoms with Crippen LogP contribution in [0.25, 0.3) is 43.1 Å². The van der Waals surface area contributed by atoms with Gasteiger partial charge in [-0.1, -0.05) is 129 Å². The molecular formula is C39H32O2. The number of rotatable bonds is 8. The Morgan fingerprint density at radius 2 is 0.927 bits per heavy atom. The number of benzene rings is 7. The highest BCUT2D eigenvalue weighted by Gasteiger charge is 2.19. The average Bonchev–Trinajstić information content (AvgIpc) is 3.03.